The zero-order valence-electron chi connectivity index (χ0n) is 33.4. The van der Waals surface area contributed by atoms with Crippen molar-refractivity contribution >= 4 is 32.3 Å². The van der Waals surface area contributed by atoms with E-state index in [-0.39, 0.29) is 0 Å². The van der Waals surface area contributed by atoms with Crippen LogP contribution in [0.5, 0.6) is 0 Å². The number of nitrogens with zero attached hydrogens (tertiary/aromatic N) is 1. The number of rotatable bonds is 6. The Balaban J connectivity index is 0.996. The van der Waals surface area contributed by atoms with Gasteiger partial charge < -0.3 is 0 Å². The number of pyridine rings is 1. The Morgan fingerprint density at radius 1 is 0.407 bits per heavy atom. The minimum atomic E-state index is 0.388. The van der Waals surface area contributed by atoms with Gasteiger partial charge in [0.05, 0.1) is 11.4 Å². The molecule has 1 heteroatoms. The third kappa shape index (κ3) is 6.05. The van der Waals surface area contributed by atoms with Crippen molar-refractivity contribution in [3.63, 3.8) is 0 Å². The summed E-state index contributed by atoms with van der Waals surface area (Å²) >= 11 is 0. The average molecular weight is 754 g/mol. The van der Waals surface area contributed by atoms with E-state index in [1.54, 1.807) is 0 Å². The van der Waals surface area contributed by atoms with Gasteiger partial charge in [0.2, 0.25) is 0 Å². The van der Waals surface area contributed by atoms with Crippen molar-refractivity contribution in [3.8, 4) is 55.9 Å². The van der Waals surface area contributed by atoms with E-state index in [0.29, 0.717) is 11.8 Å². The van der Waals surface area contributed by atoms with Crippen LogP contribution < -0.4 is 0 Å². The lowest BCUT2D eigenvalue weighted by atomic mass is 9.69. The molecule has 1 nitrogen and oxygen atoms in total. The first-order chi connectivity index (χ1) is 29.1. The minimum absolute atomic E-state index is 0.388. The van der Waals surface area contributed by atoms with Crippen LogP contribution in [-0.4, -0.2) is 4.98 Å². The molecule has 0 fully saturated rings. The van der Waals surface area contributed by atoms with Crippen LogP contribution >= 0.6 is 0 Å². The normalized spacial score (nSPS) is 14.7. The van der Waals surface area contributed by atoms with Crippen LogP contribution in [0.2, 0.25) is 0 Å². The minimum Gasteiger partial charge on any atom is -0.248 e. The van der Waals surface area contributed by atoms with E-state index >= 15 is 0 Å². The Morgan fingerprint density at radius 2 is 1.00 bits per heavy atom. The van der Waals surface area contributed by atoms with Crippen molar-refractivity contribution in [2.45, 2.75) is 32.1 Å². The van der Waals surface area contributed by atoms with Crippen molar-refractivity contribution < 1.29 is 0 Å². The molecule has 0 saturated heterocycles. The molecule has 2 unspecified atom stereocenters. The summed E-state index contributed by atoms with van der Waals surface area (Å²) in [7, 11) is 0. The van der Waals surface area contributed by atoms with Crippen LogP contribution in [0.15, 0.2) is 200 Å². The zero-order valence-corrected chi connectivity index (χ0v) is 33.4. The molecule has 0 radical (unpaired) electrons. The predicted molar refractivity (Wildman–Crippen MR) is 250 cm³/mol. The number of fused-ring (bicyclic) bond motifs is 6. The van der Waals surface area contributed by atoms with Crippen LogP contribution in [0, 0.1) is 6.92 Å². The summed E-state index contributed by atoms with van der Waals surface area (Å²) in [5.41, 5.74) is 17.5. The summed E-state index contributed by atoms with van der Waals surface area (Å²) in [6, 6.07) is 73.6. The molecule has 0 saturated carbocycles. The molecule has 10 aromatic rings. The van der Waals surface area contributed by atoms with Crippen LogP contribution in [0.1, 0.15) is 41.0 Å². The lowest BCUT2D eigenvalue weighted by Crippen LogP contribution is -2.18. The molecule has 11 rings (SSSR count). The van der Waals surface area contributed by atoms with Crippen LogP contribution in [0.25, 0.3) is 88.2 Å². The fourth-order valence-corrected chi connectivity index (χ4v) is 9.91. The van der Waals surface area contributed by atoms with Crippen molar-refractivity contribution in [2.24, 2.45) is 0 Å². The Morgan fingerprint density at radius 3 is 1.76 bits per heavy atom. The molecule has 9 aromatic carbocycles. The molecule has 59 heavy (non-hydrogen) atoms. The van der Waals surface area contributed by atoms with E-state index in [4.69, 9.17) is 4.98 Å². The second-order valence-electron chi connectivity index (χ2n) is 16.3. The number of aromatic nitrogens is 1. The summed E-state index contributed by atoms with van der Waals surface area (Å²) in [5.74, 6) is 0.804. The molecule has 0 N–H and O–H groups in total. The van der Waals surface area contributed by atoms with Gasteiger partial charge in [-0.3, -0.25) is 0 Å². The van der Waals surface area contributed by atoms with Gasteiger partial charge in [0.1, 0.15) is 0 Å². The molecule has 0 bridgehead atoms. The summed E-state index contributed by atoms with van der Waals surface area (Å²) < 4.78 is 0. The molecule has 1 aliphatic carbocycles. The van der Waals surface area contributed by atoms with Gasteiger partial charge in [0.25, 0.3) is 0 Å². The zero-order chi connectivity index (χ0) is 39.5. The molecule has 1 aromatic heterocycles. The second-order valence-corrected chi connectivity index (χ2v) is 16.3. The van der Waals surface area contributed by atoms with E-state index in [1.165, 1.54) is 93.5 Å². The molecule has 0 spiro atoms. The lowest BCUT2D eigenvalue weighted by Gasteiger charge is -2.34. The van der Waals surface area contributed by atoms with Gasteiger partial charge in [-0.05, 0) is 137 Å². The Labute approximate surface area is 346 Å². The molecular formula is C58H43N. The summed E-state index contributed by atoms with van der Waals surface area (Å²) in [6.45, 7) is 4.65. The van der Waals surface area contributed by atoms with Gasteiger partial charge in [-0.2, -0.15) is 0 Å². The van der Waals surface area contributed by atoms with E-state index in [1.807, 2.05) is 0 Å². The maximum atomic E-state index is 5.49. The van der Waals surface area contributed by atoms with Gasteiger partial charge in [-0.1, -0.05) is 183 Å². The first kappa shape index (κ1) is 35.1. The number of hydrogen-bond acceptors (Lipinski definition) is 1. The third-order valence-corrected chi connectivity index (χ3v) is 13.0. The van der Waals surface area contributed by atoms with E-state index in [9.17, 15) is 0 Å². The second kappa shape index (κ2) is 14.4. The van der Waals surface area contributed by atoms with Gasteiger partial charge in [0.15, 0.2) is 0 Å². The molecule has 0 amide bonds. The average Bonchev–Trinajstić information content (AvgIpc) is 3.30. The smallest absolute Gasteiger partial charge is 0.0722 e. The highest BCUT2D eigenvalue weighted by atomic mass is 14.7. The summed E-state index contributed by atoms with van der Waals surface area (Å²) in [4.78, 5) is 5.49. The molecule has 2 atom stereocenters. The fourth-order valence-electron chi connectivity index (χ4n) is 9.91. The predicted octanol–water partition coefficient (Wildman–Crippen LogP) is 15.6. The SMILES string of the molecule is Cc1ccccc1CC1c2ccccc2-c2cc(-c3cccc(-c4c5ccccc5c(-c5ccc(-c6ccc7ccccc7c6)cc5)c5ccccc45)n3)ccc2C1C. The van der Waals surface area contributed by atoms with Crippen molar-refractivity contribution in [1.29, 1.82) is 0 Å². The van der Waals surface area contributed by atoms with E-state index in [2.05, 4.69) is 214 Å². The lowest BCUT2D eigenvalue weighted by molar-refractivity contribution is 0.565. The largest absolute Gasteiger partial charge is 0.248 e. The molecule has 1 aliphatic rings. The first-order valence-electron chi connectivity index (χ1n) is 20.9. The highest BCUT2D eigenvalue weighted by Crippen LogP contribution is 2.49. The molecular weight excluding hydrogens is 711 g/mol. The van der Waals surface area contributed by atoms with Crippen molar-refractivity contribution in [3.05, 3.63) is 222 Å². The van der Waals surface area contributed by atoms with Crippen LogP contribution in [-0.2, 0) is 6.42 Å². The Kier molecular flexibility index (Phi) is 8.56. The molecule has 280 valence electrons. The van der Waals surface area contributed by atoms with E-state index in [0.717, 1.165) is 23.4 Å². The Bertz CT molecular complexity index is 3170. The van der Waals surface area contributed by atoms with Gasteiger partial charge in [0, 0.05) is 11.1 Å². The number of aryl methyl sites for hydroxylation is 1. The summed E-state index contributed by atoms with van der Waals surface area (Å²) in [5, 5.41) is 7.39. The fraction of sp³-hybridized carbons (Fsp3) is 0.0862. The quantitative estimate of drug-likeness (QED) is 0.154. The van der Waals surface area contributed by atoms with Gasteiger partial charge in [-0.15, -0.1) is 0 Å². The summed E-state index contributed by atoms with van der Waals surface area (Å²) in [6.07, 6.45) is 1.03. The highest BCUT2D eigenvalue weighted by Gasteiger charge is 2.31. The van der Waals surface area contributed by atoms with Gasteiger partial charge in [-0.25, -0.2) is 4.98 Å². The third-order valence-electron chi connectivity index (χ3n) is 13.0. The maximum Gasteiger partial charge on any atom is 0.0722 e. The number of hydrogen-bond donors (Lipinski definition) is 0. The first-order valence-corrected chi connectivity index (χ1v) is 20.9. The van der Waals surface area contributed by atoms with Crippen LogP contribution in [0.4, 0.5) is 0 Å². The molecule has 1 heterocycles. The molecule has 0 aliphatic heterocycles. The van der Waals surface area contributed by atoms with Gasteiger partial charge >= 0.3 is 0 Å². The number of benzene rings is 9. The topological polar surface area (TPSA) is 12.9 Å². The maximum absolute atomic E-state index is 5.49. The van der Waals surface area contributed by atoms with Crippen LogP contribution in [0.3, 0.4) is 0 Å². The Hall–Kier alpha value is -7.09. The van der Waals surface area contributed by atoms with E-state index < -0.39 is 0 Å². The monoisotopic (exact) mass is 753 g/mol. The highest BCUT2D eigenvalue weighted by molar-refractivity contribution is 6.21. The standard InChI is InChI=1S/C58H43N/c1-37-14-3-4-16-42(37)35-53-38(2)46-33-32-45(36-54(46)48-19-8-7-18-47(48)53)55-24-13-25-56(59-55)58-51-22-11-9-20-49(51)57(50-21-10-12-23-52(50)58)41-29-26-40(27-30-41)44-31-28-39-15-5-6-17-43(39)34-44/h3-34,36,38,53H,35H2,1-2H3. The van der Waals surface area contributed by atoms with Crippen molar-refractivity contribution in [1.82, 2.24) is 4.98 Å². The van der Waals surface area contributed by atoms with Crippen molar-refractivity contribution in [2.75, 3.05) is 0 Å².